The minimum Gasteiger partial charge on any atom is -0.479 e. The Morgan fingerprint density at radius 1 is 1.26 bits per heavy atom. The molecule has 0 spiro atoms. The summed E-state index contributed by atoms with van der Waals surface area (Å²) >= 11 is 0. The molecule has 3 aromatic rings. The summed E-state index contributed by atoms with van der Waals surface area (Å²) in [6.45, 7) is 2.00. The number of nitrogens with zero attached hydrogens (tertiary/aromatic N) is 4. The number of aromatic nitrogens is 4. The van der Waals surface area contributed by atoms with E-state index in [-0.39, 0.29) is 41.6 Å². The normalized spacial score (nSPS) is 26.5. The van der Waals surface area contributed by atoms with Crippen LogP contribution in [-0.2, 0) is 23.4 Å². The molecule has 1 aromatic carbocycles. The summed E-state index contributed by atoms with van der Waals surface area (Å²) in [6.07, 6.45) is 0.945. The van der Waals surface area contributed by atoms with Gasteiger partial charge in [0.05, 0.1) is 20.0 Å². The lowest BCUT2D eigenvalue weighted by Gasteiger charge is -2.27. The molecule has 4 heterocycles. The first-order valence-corrected chi connectivity index (χ1v) is 16.4. The molecule has 0 radical (unpaired) electrons. The highest BCUT2D eigenvalue weighted by atomic mass is 31.2. The highest BCUT2D eigenvalue weighted by Gasteiger charge is 2.56. The number of imidazole rings is 1. The van der Waals surface area contributed by atoms with Gasteiger partial charge in [0.25, 0.3) is 0 Å². The number of methoxy groups -OCH3 is 1. The van der Waals surface area contributed by atoms with Crippen molar-refractivity contribution in [1.29, 1.82) is 0 Å². The number of benzene rings is 1. The van der Waals surface area contributed by atoms with Crippen molar-refractivity contribution in [3.05, 3.63) is 24.5 Å². The zero-order valence-electron chi connectivity index (χ0n) is 25.5. The summed E-state index contributed by atoms with van der Waals surface area (Å²) in [6, 6.07) is 3.38. The van der Waals surface area contributed by atoms with Gasteiger partial charge in [0.1, 0.15) is 30.1 Å². The van der Waals surface area contributed by atoms with Crippen molar-refractivity contribution >= 4 is 30.8 Å². The lowest BCUT2D eigenvalue weighted by atomic mass is 9.98. The maximum atomic E-state index is 16.1. The number of rotatable bonds is 11. The van der Waals surface area contributed by atoms with E-state index < -0.39 is 50.5 Å². The molecule has 0 bridgehead atoms. The fraction of sp³-hybridized carbons (Fsp3) is 0.571. The molecule has 2 fully saturated rings. The van der Waals surface area contributed by atoms with Crippen LogP contribution in [0.15, 0.2) is 24.5 Å². The predicted molar refractivity (Wildman–Crippen MR) is 158 cm³/mol. The van der Waals surface area contributed by atoms with E-state index in [9.17, 15) is 14.5 Å². The minimum atomic E-state index is -4.42. The summed E-state index contributed by atoms with van der Waals surface area (Å²) in [5.74, 6) is 0.186. The third-order valence-corrected chi connectivity index (χ3v) is 9.73. The fourth-order valence-corrected chi connectivity index (χ4v) is 7.14. The number of esters is 1. The molecule has 0 amide bonds. The standard InChI is InChI=1S/C28H36FN6O10P/c1-15(25(37)43-16-7-5-4-6-8-16)34-46(38,45-17-9-10-18-19(11-17)41-14-40-18)42-12-20-22(36)28(2,29)26(44-20)35-13-31-21-23(35)32-27(30)33-24(21)39-3/h9-11,13,15-16,20,22,26,36H,4-8,12,14H2,1-3H3,(H,34,38)(H2,30,32,33)/t15-,20+,22+,26+,28+,46-/m0/s1. The smallest absolute Gasteiger partial charge is 0.459 e. The van der Waals surface area contributed by atoms with Crippen molar-refractivity contribution < 1.29 is 51.6 Å². The van der Waals surface area contributed by atoms with Gasteiger partial charge in [0.2, 0.25) is 18.6 Å². The highest BCUT2D eigenvalue weighted by Crippen LogP contribution is 2.49. The number of fused-ring (bicyclic) bond motifs is 2. The Morgan fingerprint density at radius 3 is 2.78 bits per heavy atom. The van der Waals surface area contributed by atoms with Crippen LogP contribution in [-0.4, -0.2) is 81.1 Å². The summed E-state index contributed by atoms with van der Waals surface area (Å²) in [5, 5.41) is 13.6. The van der Waals surface area contributed by atoms with E-state index in [0.717, 1.165) is 39.0 Å². The molecule has 1 aliphatic carbocycles. The SMILES string of the molecule is COc1nc(N)nc2c1ncn2[C@@H]1O[C@H](CO[P@@](=O)(N[C@@H](C)C(=O)OC2CCCCC2)Oc2ccc3c(c2)OCO3)[C@@H](O)[C@@]1(C)F. The number of carbonyl (C=O) groups excluding carboxylic acids is 1. The molecular weight excluding hydrogens is 630 g/mol. The monoisotopic (exact) mass is 666 g/mol. The van der Waals surface area contributed by atoms with Crippen LogP contribution in [0.4, 0.5) is 10.3 Å². The topological polar surface area (TPSA) is 201 Å². The van der Waals surface area contributed by atoms with Crippen LogP contribution in [0.3, 0.4) is 0 Å². The third-order valence-electron chi connectivity index (χ3n) is 8.09. The first-order chi connectivity index (χ1) is 22.0. The predicted octanol–water partition coefficient (Wildman–Crippen LogP) is 3.19. The Kier molecular flexibility index (Phi) is 8.95. The lowest BCUT2D eigenvalue weighted by molar-refractivity contribution is -0.152. The number of nitrogens with one attached hydrogen (secondary N) is 1. The molecule has 2 aliphatic heterocycles. The number of aliphatic hydroxyl groups excluding tert-OH is 1. The van der Waals surface area contributed by atoms with E-state index in [1.165, 1.54) is 37.1 Å². The number of anilines is 1. The van der Waals surface area contributed by atoms with Gasteiger partial charge in [-0.15, -0.1) is 0 Å². The van der Waals surface area contributed by atoms with E-state index in [4.69, 9.17) is 38.5 Å². The Bertz CT molecular complexity index is 1640. The van der Waals surface area contributed by atoms with Crippen molar-refractivity contribution in [2.75, 3.05) is 26.2 Å². The Labute approximate surface area is 263 Å². The van der Waals surface area contributed by atoms with E-state index >= 15 is 4.39 Å². The first kappa shape index (κ1) is 32.2. The quantitative estimate of drug-likeness (QED) is 0.199. The van der Waals surface area contributed by atoms with E-state index in [0.29, 0.717) is 11.5 Å². The molecule has 250 valence electrons. The van der Waals surface area contributed by atoms with Crippen molar-refractivity contribution in [2.45, 2.75) is 82.2 Å². The Balaban J connectivity index is 1.21. The molecule has 16 nitrogen and oxygen atoms in total. The molecule has 46 heavy (non-hydrogen) atoms. The largest absolute Gasteiger partial charge is 0.479 e. The number of halogens is 1. The zero-order valence-corrected chi connectivity index (χ0v) is 26.4. The highest BCUT2D eigenvalue weighted by molar-refractivity contribution is 7.52. The second kappa shape index (κ2) is 12.8. The van der Waals surface area contributed by atoms with Gasteiger partial charge in [-0.2, -0.15) is 15.1 Å². The van der Waals surface area contributed by atoms with Gasteiger partial charge in [0, 0.05) is 6.07 Å². The van der Waals surface area contributed by atoms with Crippen LogP contribution in [0.25, 0.3) is 11.2 Å². The Morgan fingerprint density at radius 2 is 2.02 bits per heavy atom. The van der Waals surface area contributed by atoms with Gasteiger partial charge in [-0.25, -0.2) is 13.9 Å². The maximum Gasteiger partial charge on any atom is 0.459 e. The van der Waals surface area contributed by atoms with Gasteiger partial charge < -0.3 is 39.0 Å². The average molecular weight is 667 g/mol. The van der Waals surface area contributed by atoms with Crippen LogP contribution in [0.1, 0.15) is 52.2 Å². The molecule has 1 saturated carbocycles. The van der Waals surface area contributed by atoms with Gasteiger partial charge in [-0.1, -0.05) is 6.42 Å². The number of nitrogen functional groups attached to an aromatic ring is 1. The lowest BCUT2D eigenvalue weighted by Crippen LogP contribution is -2.41. The minimum absolute atomic E-state index is 0.00686. The number of hydrogen-bond donors (Lipinski definition) is 3. The third kappa shape index (κ3) is 6.42. The van der Waals surface area contributed by atoms with E-state index in [1.54, 1.807) is 6.07 Å². The van der Waals surface area contributed by atoms with Crippen LogP contribution >= 0.6 is 7.75 Å². The fourth-order valence-electron chi connectivity index (χ4n) is 5.64. The second-order valence-electron chi connectivity index (χ2n) is 11.5. The van der Waals surface area contributed by atoms with Crippen molar-refractivity contribution in [3.63, 3.8) is 0 Å². The number of carbonyl (C=O) groups is 1. The summed E-state index contributed by atoms with van der Waals surface area (Å²) in [7, 11) is -3.05. The molecule has 1 saturated heterocycles. The number of hydrogen-bond acceptors (Lipinski definition) is 14. The van der Waals surface area contributed by atoms with E-state index in [2.05, 4.69) is 20.0 Å². The van der Waals surface area contributed by atoms with Gasteiger partial charge in [-0.05, 0) is 51.7 Å². The maximum absolute atomic E-state index is 16.1. The van der Waals surface area contributed by atoms with Crippen molar-refractivity contribution in [2.24, 2.45) is 0 Å². The molecule has 3 aliphatic rings. The first-order valence-electron chi connectivity index (χ1n) is 14.9. The molecule has 2 aromatic heterocycles. The number of aliphatic hydroxyl groups is 1. The van der Waals surface area contributed by atoms with Gasteiger partial charge in [0.15, 0.2) is 34.6 Å². The average Bonchev–Trinajstić information content (AvgIpc) is 3.72. The molecule has 6 rings (SSSR count). The number of alkyl halides is 1. The molecule has 0 unspecified atom stereocenters. The number of nitrogens with two attached hydrogens (primary N) is 1. The number of ether oxygens (including phenoxy) is 5. The summed E-state index contributed by atoms with van der Waals surface area (Å²) in [5.41, 5.74) is 3.71. The summed E-state index contributed by atoms with van der Waals surface area (Å²) < 4.78 is 70.5. The van der Waals surface area contributed by atoms with Crippen LogP contribution < -0.4 is 29.6 Å². The zero-order chi connectivity index (χ0) is 32.6. The second-order valence-corrected chi connectivity index (χ2v) is 13.2. The van der Waals surface area contributed by atoms with Crippen molar-refractivity contribution in [3.8, 4) is 23.1 Å². The molecule has 6 atom stereocenters. The molecule has 4 N–H and O–H groups in total. The molecule has 18 heteroatoms. The van der Waals surface area contributed by atoms with Crippen LogP contribution in [0.2, 0.25) is 0 Å². The van der Waals surface area contributed by atoms with Crippen LogP contribution in [0.5, 0.6) is 23.1 Å². The van der Waals surface area contributed by atoms with E-state index in [1.807, 2.05) is 0 Å². The van der Waals surface area contributed by atoms with Gasteiger partial charge in [-0.3, -0.25) is 13.9 Å². The van der Waals surface area contributed by atoms with Gasteiger partial charge >= 0.3 is 13.7 Å². The van der Waals surface area contributed by atoms with Crippen molar-refractivity contribution in [1.82, 2.24) is 24.6 Å². The summed E-state index contributed by atoms with van der Waals surface area (Å²) in [4.78, 5) is 25.2. The van der Waals surface area contributed by atoms with Crippen LogP contribution in [0, 0.1) is 0 Å². The molecular formula is C28H36FN6O10P. The Hall–Kier alpha value is -3.76.